The molecule has 0 unspecified atom stereocenters. The van der Waals surface area contributed by atoms with Gasteiger partial charge in [0.25, 0.3) is 0 Å². The maximum atomic E-state index is 5.71. The lowest BCUT2D eigenvalue weighted by atomic mass is 10.2. The fourth-order valence-electron chi connectivity index (χ4n) is 1.69. The van der Waals surface area contributed by atoms with Crippen LogP contribution in [0.4, 0.5) is 0 Å². The number of ether oxygens (including phenoxy) is 1. The van der Waals surface area contributed by atoms with Crippen molar-refractivity contribution in [2.75, 3.05) is 6.61 Å². The number of nitrogens with two attached hydrogens (primary N) is 1. The smallest absolute Gasteiger partial charge is 0.129 e. The van der Waals surface area contributed by atoms with Crippen LogP contribution < -0.4 is 10.5 Å². The lowest BCUT2D eigenvalue weighted by Crippen LogP contribution is -2.14. The van der Waals surface area contributed by atoms with Crippen molar-refractivity contribution in [3.63, 3.8) is 0 Å². The van der Waals surface area contributed by atoms with Crippen molar-refractivity contribution in [1.82, 2.24) is 9.55 Å². The fraction of sp³-hybridized carbons (Fsp3) is 0.231. The zero-order valence-electron chi connectivity index (χ0n) is 10.2. The Morgan fingerprint density at radius 3 is 2.89 bits per heavy atom. The second-order valence-electron chi connectivity index (χ2n) is 3.88. The second-order valence-corrected chi connectivity index (χ2v) is 4.32. The van der Waals surface area contributed by atoms with E-state index in [4.69, 9.17) is 22.7 Å². The topological polar surface area (TPSA) is 53.1 Å². The number of aryl methyl sites for hydroxylation is 1. The van der Waals surface area contributed by atoms with Crippen LogP contribution in [-0.2, 0) is 6.54 Å². The zero-order chi connectivity index (χ0) is 13.0. The third kappa shape index (κ3) is 2.87. The number of benzene rings is 1. The van der Waals surface area contributed by atoms with E-state index in [9.17, 15) is 0 Å². The monoisotopic (exact) mass is 261 g/mol. The molecule has 0 atom stereocenters. The van der Waals surface area contributed by atoms with Crippen LogP contribution in [0, 0.1) is 6.92 Å². The van der Waals surface area contributed by atoms with E-state index >= 15 is 0 Å². The number of hydrogen-bond donors (Lipinski definition) is 1. The first-order valence-electron chi connectivity index (χ1n) is 5.68. The molecule has 0 saturated carbocycles. The van der Waals surface area contributed by atoms with Gasteiger partial charge < -0.3 is 15.0 Å². The summed E-state index contributed by atoms with van der Waals surface area (Å²) >= 11 is 4.98. The van der Waals surface area contributed by atoms with E-state index in [1.54, 1.807) is 6.20 Å². The van der Waals surface area contributed by atoms with Crippen LogP contribution in [0.5, 0.6) is 5.75 Å². The first kappa shape index (κ1) is 12.6. The molecule has 0 amide bonds. The Morgan fingerprint density at radius 2 is 2.22 bits per heavy atom. The first-order valence-corrected chi connectivity index (χ1v) is 6.08. The molecule has 0 radical (unpaired) electrons. The Balaban J connectivity index is 1.99. The van der Waals surface area contributed by atoms with E-state index in [1.807, 2.05) is 42.0 Å². The Kier molecular flexibility index (Phi) is 3.94. The van der Waals surface area contributed by atoms with Crippen LogP contribution in [0.25, 0.3) is 0 Å². The number of nitrogens with zero attached hydrogens (tertiary/aromatic N) is 2. The van der Waals surface area contributed by atoms with Gasteiger partial charge in [-0.05, 0) is 19.1 Å². The first-order chi connectivity index (χ1) is 8.68. The summed E-state index contributed by atoms with van der Waals surface area (Å²) in [4.78, 5) is 4.51. The summed E-state index contributed by atoms with van der Waals surface area (Å²) in [5, 5.41) is 0. The molecule has 1 aromatic carbocycles. The van der Waals surface area contributed by atoms with Gasteiger partial charge in [0.05, 0.1) is 12.1 Å². The van der Waals surface area contributed by atoms with Gasteiger partial charge in [0.2, 0.25) is 0 Å². The molecule has 0 aliphatic heterocycles. The summed E-state index contributed by atoms with van der Waals surface area (Å²) in [7, 11) is 0. The fourth-order valence-corrected chi connectivity index (χ4v) is 1.86. The molecule has 1 aromatic heterocycles. The molecule has 2 rings (SSSR count). The average Bonchev–Trinajstić information content (AvgIpc) is 2.76. The summed E-state index contributed by atoms with van der Waals surface area (Å²) in [6.07, 6.45) is 3.70. The maximum Gasteiger partial charge on any atom is 0.129 e. The Morgan fingerprint density at radius 1 is 1.44 bits per heavy atom. The van der Waals surface area contributed by atoms with Crippen LogP contribution in [0.15, 0.2) is 36.7 Å². The van der Waals surface area contributed by atoms with Gasteiger partial charge in [-0.1, -0.05) is 24.4 Å². The summed E-state index contributed by atoms with van der Waals surface area (Å²) < 4.78 is 7.74. The van der Waals surface area contributed by atoms with E-state index in [0.717, 1.165) is 23.7 Å². The van der Waals surface area contributed by atoms with Crippen molar-refractivity contribution in [2.45, 2.75) is 13.5 Å². The molecule has 2 aromatic rings. The average molecular weight is 261 g/mol. The largest absolute Gasteiger partial charge is 0.491 e. The zero-order valence-corrected chi connectivity index (χ0v) is 11.0. The third-order valence-electron chi connectivity index (χ3n) is 2.67. The van der Waals surface area contributed by atoms with Gasteiger partial charge in [-0.15, -0.1) is 0 Å². The summed E-state index contributed by atoms with van der Waals surface area (Å²) in [6.45, 7) is 3.26. The summed E-state index contributed by atoms with van der Waals surface area (Å²) in [5.74, 6) is 1.70. The second kappa shape index (κ2) is 5.64. The molecule has 18 heavy (non-hydrogen) atoms. The highest BCUT2D eigenvalue weighted by atomic mass is 32.1. The molecular weight excluding hydrogens is 246 g/mol. The standard InChI is InChI=1S/C13H15N3OS/c1-10-15-6-7-16(10)8-9-17-12-5-3-2-4-11(12)13(14)18/h2-7H,8-9H2,1H3,(H2,14,18). The van der Waals surface area contributed by atoms with Gasteiger partial charge in [-0.3, -0.25) is 0 Å². The van der Waals surface area contributed by atoms with Crippen molar-refractivity contribution in [1.29, 1.82) is 0 Å². The predicted molar refractivity (Wildman–Crippen MR) is 74.8 cm³/mol. The number of thiocarbonyl (C=S) groups is 1. The minimum Gasteiger partial charge on any atom is -0.491 e. The van der Waals surface area contributed by atoms with E-state index in [1.165, 1.54) is 0 Å². The highest BCUT2D eigenvalue weighted by Gasteiger charge is 2.05. The molecule has 4 nitrogen and oxygen atoms in total. The Hall–Kier alpha value is -1.88. The quantitative estimate of drug-likeness (QED) is 0.835. The maximum absolute atomic E-state index is 5.71. The highest BCUT2D eigenvalue weighted by molar-refractivity contribution is 7.80. The highest BCUT2D eigenvalue weighted by Crippen LogP contribution is 2.17. The normalized spacial score (nSPS) is 10.3. The van der Waals surface area contributed by atoms with Crippen molar-refractivity contribution in [3.8, 4) is 5.75 Å². The van der Waals surface area contributed by atoms with E-state index in [2.05, 4.69) is 4.98 Å². The van der Waals surface area contributed by atoms with E-state index < -0.39 is 0 Å². The summed E-state index contributed by atoms with van der Waals surface area (Å²) in [5.41, 5.74) is 6.41. The van der Waals surface area contributed by atoms with E-state index in [-0.39, 0.29) is 0 Å². The molecule has 5 heteroatoms. The number of rotatable bonds is 5. The lowest BCUT2D eigenvalue weighted by Gasteiger charge is -2.11. The van der Waals surface area contributed by atoms with Crippen LogP contribution >= 0.6 is 12.2 Å². The number of aromatic nitrogens is 2. The summed E-state index contributed by atoms with van der Waals surface area (Å²) in [6, 6.07) is 7.52. The minimum atomic E-state index is 0.351. The van der Waals surface area contributed by atoms with E-state index in [0.29, 0.717) is 11.6 Å². The van der Waals surface area contributed by atoms with Crippen molar-refractivity contribution >= 4 is 17.2 Å². The Bertz CT molecular complexity index is 551. The molecule has 94 valence electrons. The molecule has 0 fully saturated rings. The Labute approximate surface area is 111 Å². The van der Waals surface area contributed by atoms with Gasteiger partial charge in [0.15, 0.2) is 0 Å². The van der Waals surface area contributed by atoms with Gasteiger partial charge in [0.1, 0.15) is 23.2 Å². The lowest BCUT2D eigenvalue weighted by molar-refractivity contribution is 0.296. The molecule has 0 bridgehead atoms. The number of hydrogen-bond acceptors (Lipinski definition) is 3. The van der Waals surface area contributed by atoms with Crippen molar-refractivity contribution in [3.05, 3.63) is 48.0 Å². The number of para-hydroxylation sites is 1. The van der Waals surface area contributed by atoms with Gasteiger partial charge in [-0.25, -0.2) is 4.98 Å². The third-order valence-corrected chi connectivity index (χ3v) is 2.89. The minimum absolute atomic E-state index is 0.351. The molecule has 0 spiro atoms. The van der Waals surface area contributed by atoms with Gasteiger partial charge >= 0.3 is 0 Å². The molecule has 0 aliphatic rings. The van der Waals surface area contributed by atoms with Gasteiger partial charge in [0, 0.05) is 12.4 Å². The van der Waals surface area contributed by atoms with Crippen molar-refractivity contribution in [2.24, 2.45) is 5.73 Å². The van der Waals surface area contributed by atoms with Crippen LogP contribution in [0.3, 0.4) is 0 Å². The van der Waals surface area contributed by atoms with Crippen LogP contribution in [0.2, 0.25) is 0 Å². The van der Waals surface area contributed by atoms with Crippen LogP contribution in [0.1, 0.15) is 11.4 Å². The molecule has 0 saturated heterocycles. The van der Waals surface area contributed by atoms with Crippen LogP contribution in [-0.4, -0.2) is 21.1 Å². The molecular formula is C13H15N3OS. The molecule has 0 aliphatic carbocycles. The van der Waals surface area contributed by atoms with Gasteiger partial charge in [-0.2, -0.15) is 0 Å². The predicted octanol–water partition coefficient (Wildman–Crippen LogP) is 1.90. The number of imidazole rings is 1. The molecule has 1 heterocycles. The molecule has 2 N–H and O–H groups in total. The van der Waals surface area contributed by atoms with Crippen molar-refractivity contribution < 1.29 is 4.74 Å². The SMILES string of the molecule is Cc1nccn1CCOc1ccccc1C(N)=S.